The molecule has 0 saturated heterocycles. The van der Waals surface area contributed by atoms with E-state index in [1.54, 1.807) is 18.7 Å². The smallest absolute Gasteiger partial charge is 0.413 e. The van der Waals surface area contributed by atoms with Gasteiger partial charge in [0.1, 0.15) is 11.0 Å². The first kappa shape index (κ1) is 16.7. The molecule has 126 valence electrons. The molecule has 10 heteroatoms. The molecular weight excluding hydrogens is 400 g/mol. The van der Waals surface area contributed by atoms with Crippen molar-refractivity contribution in [3.8, 4) is 0 Å². The van der Waals surface area contributed by atoms with E-state index in [1.165, 1.54) is 10.6 Å². The number of fused-ring (bicyclic) bond motifs is 1. The van der Waals surface area contributed by atoms with Crippen molar-refractivity contribution in [1.82, 2.24) is 24.4 Å². The predicted molar refractivity (Wildman–Crippen MR) is 92.6 cm³/mol. The summed E-state index contributed by atoms with van der Waals surface area (Å²) in [5, 5.41) is 18.5. The number of hydrogen-bond donors (Lipinski definition) is 1. The molecule has 0 saturated carbocycles. The molecule has 0 fully saturated rings. The average Bonchev–Trinajstić information content (AvgIpc) is 2.96. The van der Waals surface area contributed by atoms with E-state index in [4.69, 9.17) is 11.6 Å². The van der Waals surface area contributed by atoms with Crippen LogP contribution in [0.4, 0.5) is 10.6 Å². The number of halogens is 2. The van der Waals surface area contributed by atoms with Gasteiger partial charge in [-0.2, -0.15) is 14.7 Å². The van der Waals surface area contributed by atoms with Crippen molar-refractivity contribution in [3.05, 3.63) is 38.8 Å². The van der Waals surface area contributed by atoms with Crippen LogP contribution >= 0.6 is 27.5 Å². The Balaban J connectivity index is 2.15. The summed E-state index contributed by atoms with van der Waals surface area (Å²) in [6.45, 7) is 3.76. The maximum absolute atomic E-state index is 11.8. The number of nitrogens with zero attached hydrogens (tertiary/aromatic N) is 6. The Kier molecular flexibility index (Phi) is 4.22. The Morgan fingerprint density at radius 3 is 2.67 bits per heavy atom. The first-order valence-corrected chi connectivity index (χ1v) is 8.16. The summed E-state index contributed by atoms with van der Waals surface area (Å²) in [5.41, 5.74) is 2.71. The first-order chi connectivity index (χ1) is 11.3. The molecule has 3 rings (SSSR count). The number of anilines is 1. The third kappa shape index (κ3) is 2.84. The Morgan fingerprint density at radius 2 is 2.08 bits per heavy atom. The standard InChI is InChI=1S/C14H14BrClN6O2/c1-7-4-9(20(3)18-7)6-21(14(23)24)11-5-10(16)17-13-12(15)8(2)19-22(11)13/h4-5H,6H2,1-3H3,(H,23,24). The van der Waals surface area contributed by atoms with Gasteiger partial charge in [0, 0.05) is 13.1 Å². The highest BCUT2D eigenvalue weighted by Crippen LogP contribution is 2.28. The highest BCUT2D eigenvalue weighted by atomic mass is 79.9. The zero-order chi connectivity index (χ0) is 17.6. The molecule has 24 heavy (non-hydrogen) atoms. The van der Waals surface area contributed by atoms with Crippen molar-refractivity contribution in [2.45, 2.75) is 20.4 Å². The molecule has 3 aromatic heterocycles. The van der Waals surface area contributed by atoms with E-state index in [1.807, 2.05) is 13.0 Å². The largest absolute Gasteiger partial charge is 0.465 e. The van der Waals surface area contributed by atoms with E-state index in [9.17, 15) is 9.90 Å². The van der Waals surface area contributed by atoms with Gasteiger partial charge in [-0.25, -0.2) is 9.78 Å². The van der Waals surface area contributed by atoms with E-state index in [0.29, 0.717) is 21.6 Å². The maximum atomic E-state index is 11.8. The molecule has 0 aliphatic carbocycles. The van der Waals surface area contributed by atoms with Crippen LogP contribution in [0.2, 0.25) is 5.15 Å². The van der Waals surface area contributed by atoms with Crippen molar-refractivity contribution in [2.75, 3.05) is 4.90 Å². The highest BCUT2D eigenvalue weighted by Gasteiger charge is 2.23. The Bertz CT molecular complexity index is 951. The minimum Gasteiger partial charge on any atom is -0.465 e. The fourth-order valence-corrected chi connectivity index (χ4v) is 2.98. The first-order valence-electron chi connectivity index (χ1n) is 6.99. The Labute approximate surface area is 150 Å². The second-order valence-corrected chi connectivity index (χ2v) is 6.52. The summed E-state index contributed by atoms with van der Waals surface area (Å²) in [6.07, 6.45) is -1.12. The van der Waals surface area contributed by atoms with Crippen molar-refractivity contribution < 1.29 is 9.90 Å². The summed E-state index contributed by atoms with van der Waals surface area (Å²) < 4.78 is 3.78. The number of carboxylic acid groups (broad SMARTS) is 1. The quantitative estimate of drug-likeness (QED) is 0.666. The number of carbonyl (C=O) groups is 1. The normalized spacial score (nSPS) is 11.2. The lowest BCUT2D eigenvalue weighted by Crippen LogP contribution is -2.31. The molecule has 0 aromatic carbocycles. The van der Waals surface area contributed by atoms with Gasteiger partial charge in [-0.05, 0) is 35.8 Å². The molecule has 3 aromatic rings. The van der Waals surface area contributed by atoms with Crippen LogP contribution in [0.25, 0.3) is 5.65 Å². The van der Waals surface area contributed by atoms with E-state index >= 15 is 0 Å². The van der Waals surface area contributed by atoms with Crippen molar-refractivity contribution in [2.24, 2.45) is 7.05 Å². The second kappa shape index (κ2) is 6.06. The van der Waals surface area contributed by atoms with Crippen LogP contribution in [0.1, 0.15) is 17.1 Å². The molecule has 1 N–H and O–H groups in total. The molecular formula is C14H14BrClN6O2. The van der Waals surface area contributed by atoms with Gasteiger partial charge < -0.3 is 5.11 Å². The Morgan fingerprint density at radius 1 is 1.38 bits per heavy atom. The molecule has 0 radical (unpaired) electrons. The van der Waals surface area contributed by atoms with Crippen molar-refractivity contribution in [1.29, 1.82) is 0 Å². The van der Waals surface area contributed by atoms with Gasteiger partial charge in [0.25, 0.3) is 0 Å². The minimum atomic E-state index is -1.12. The molecule has 3 heterocycles. The van der Waals surface area contributed by atoms with Gasteiger partial charge in [-0.15, -0.1) is 0 Å². The topological polar surface area (TPSA) is 88.5 Å². The molecule has 1 amide bonds. The molecule has 0 atom stereocenters. The van der Waals surface area contributed by atoms with Crippen LogP contribution in [0.5, 0.6) is 0 Å². The summed E-state index contributed by atoms with van der Waals surface area (Å²) in [5.74, 6) is 0.310. The number of rotatable bonds is 3. The third-order valence-electron chi connectivity index (χ3n) is 3.57. The van der Waals surface area contributed by atoms with E-state index in [0.717, 1.165) is 16.3 Å². The third-order valence-corrected chi connectivity index (χ3v) is 4.69. The van der Waals surface area contributed by atoms with Gasteiger partial charge >= 0.3 is 6.09 Å². The van der Waals surface area contributed by atoms with E-state index in [-0.39, 0.29) is 11.7 Å². The monoisotopic (exact) mass is 412 g/mol. The predicted octanol–water partition coefficient (Wildman–Crippen LogP) is 3.18. The van der Waals surface area contributed by atoms with Crippen LogP contribution in [-0.2, 0) is 13.6 Å². The van der Waals surface area contributed by atoms with Crippen LogP contribution in [-0.4, -0.2) is 35.6 Å². The van der Waals surface area contributed by atoms with Crippen LogP contribution in [0.3, 0.4) is 0 Å². The lowest BCUT2D eigenvalue weighted by atomic mass is 10.3. The maximum Gasteiger partial charge on any atom is 0.413 e. The molecule has 0 bridgehead atoms. The summed E-state index contributed by atoms with van der Waals surface area (Å²) in [7, 11) is 1.77. The average molecular weight is 414 g/mol. The molecule has 0 unspecified atom stereocenters. The fraction of sp³-hybridized carbons (Fsp3) is 0.286. The minimum absolute atomic E-state index is 0.110. The zero-order valence-electron chi connectivity index (χ0n) is 13.2. The van der Waals surface area contributed by atoms with E-state index in [2.05, 4.69) is 31.1 Å². The number of aryl methyl sites for hydroxylation is 3. The van der Waals surface area contributed by atoms with Gasteiger partial charge in [0.2, 0.25) is 0 Å². The number of hydrogen-bond acceptors (Lipinski definition) is 4. The van der Waals surface area contributed by atoms with Gasteiger partial charge in [-0.3, -0.25) is 9.58 Å². The van der Waals surface area contributed by atoms with Crippen LogP contribution in [0, 0.1) is 13.8 Å². The summed E-state index contributed by atoms with van der Waals surface area (Å²) in [4.78, 5) is 17.2. The second-order valence-electron chi connectivity index (χ2n) is 5.34. The van der Waals surface area contributed by atoms with Gasteiger partial charge in [0.05, 0.1) is 28.1 Å². The SMILES string of the molecule is Cc1cc(CN(C(=O)O)c2cc(Cl)nc3c(Br)c(C)nn23)n(C)n1. The summed E-state index contributed by atoms with van der Waals surface area (Å²) in [6, 6.07) is 3.31. The number of aromatic nitrogens is 5. The van der Waals surface area contributed by atoms with Crippen LogP contribution < -0.4 is 4.90 Å². The highest BCUT2D eigenvalue weighted by molar-refractivity contribution is 9.10. The lowest BCUT2D eigenvalue weighted by molar-refractivity contribution is 0.201. The Hall–Kier alpha value is -2.13. The van der Waals surface area contributed by atoms with Crippen LogP contribution in [0.15, 0.2) is 16.6 Å². The molecule has 8 nitrogen and oxygen atoms in total. The zero-order valence-corrected chi connectivity index (χ0v) is 15.5. The number of amides is 1. The van der Waals surface area contributed by atoms with Gasteiger partial charge in [0.15, 0.2) is 5.65 Å². The fourth-order valence-electron chi connectivity index (χ4n) is 2.47. The van der Waals surface area contributed by atoms with E-state index < -0.39 is 6.09 Å². The molecule has 0 aliphatic heterocycles. The molecule has 0 spiro atoms. The molecule has 0 aliphatic rings. The lowest BCUT2D eigenvalue weighted by Gasteiger charge is -2.20. The summed E-state index contributed by atoms with van der Waals surface area (Å²) >= 11 is 9.48. The van der Waals surface area contributed by atoms with Crippen molar-refractivity contribution in [3.63, 3.8) is 0 Å². The van der Waals surface area contributed by atoms with Crippen molar-refractivity contribution >= 4 is 45.1 Å². The van der Waals surface area contributed by atoms with Gasteiger partial charge in [-0.1, -0.05) is 11.6 Å².